The monoisotopic (exact) mass is 531 g/mol. The molecule has 7 nitrogen and oxygen atoms in total. The van der Waals surface area contributed by atoms with Crippen LogP contribution in [0.3, 0.4) is 0 Å². The Morgan fingerprint density at radius 3 is 2.58 bits per heavy atom. The van der Waals surface area contributed by atoms with E-state index >= 15 is 0 Å². The number of aryl methyl sites for hydroxylation is 2. The zero-order chi connectivity index (χ0) is 27.8. The Balaban J connectivity index is 1.56. The molecule has 40 heavy (non-hydrogen) atoms. The minimum absolute atomic E-state index is 0.170. The van der Waals surface area contributed by atoms with Crippen LogP contribution >= 0.6 is 0 Å². The Kier molecular flexibility index (Phi) is 6.64. The number of urea groups is 1. The van der Waals surface area contributed by atoms with E-state index in [1.807, 2.05) is 71.1 Å². The molecule has 0 fully saturated rings. The minimum Gasteiger partial charge on any atom is -0.497 e. The third kappa shape index (κ3) is 4.33. The van der Waals surface area contributed by atoms with E-state index < -0.39 is 0 Å². The number of hydrogen-bond acceptors (Lipinski definition) is 3. The third-order valence-corrected chi connectivity index (χ3v) is 7.82. The number of nitrogens with one attached hydrogen (secondary N) is 1. The number of ether oxygens (including phenoxy) is 1. The fourth-order valence-electron chi connectivity index (χ4n) is 5.58. The number of benzene rings is 3. The fraction of sp³-hybridized carbons (Fsp3) is 0.212. The lowest BCUT2D eigenvalue weighted by Crippen LogP contribution is -2.38. The molecular weight excluding hydrogens is 498 g/mol. The van der Waals surface area contributed by atoms with E-state index in [1.54, 1.807) is 7.11 Å². The van der Waals surface area contributed by atoms with Crippen molar-refractivity contribution < 1.29 is 9.53 Å². The smallest absolute Gasteiger partial charge is 0.322 e. The van der Waals surface area contributed by atoms with Gasteiger partial charge in [-0.15, -0.1) is 0 Å². The molecule has 1 atom stereocenters. The SMILES string of the molecule is CCc1nn(-c2ccccc2)c2c1CN(C(=O)Nc1cccc(C)c1C)[C@@H](c1cccc(OC)c1)c1cccn1-2. The lowest BCUT2D eigenvalue weighted by Gasteiger charge is -2.31. The highest BCUT2D eigenvalue weighted by Crippen LogP contribution is 2.39. The molecule has 3 aromatic carbocycles. The second kappa shape index (κ2) is 10.4. The van der Waals surface area contributed by atoms with Crippen LogP contribution in [-0.4, -0.2) is 32.4 Å². The van der Waals surface area contributed by atoms with E-state index in [-0.39, 0.29) is 12.1 Å². The Hall–Kier alpha value is -4.78. The molecule has 0 radical (unpaired) electrons. The first-order valence-corrected chi connectivity index (χ1v) is 13.6. The van der Waals surface area contributed by atoms with E-state index in [0.717, 1.165) is 63.0 Å². The van der Waals surface area contributed by atoms with Crippen LogP contribution in [0.5, 0.6) is 5.75 Å². The summed E-state index contributed by atoms with van der Waals surface area (Å²) in [6.07, 6.45) is 2.81. The van der Waals surface area contributed by atoms with Crippen molar-refractivity contribution in [3.8, 4) is 17.3 Å². The molecule has 3 heterocycles. The third-order valence-electron chi connectivity index (χ3n) is 7.82. The van der Waals surface area contributed by atoms with Gasteiger partial charge in [-0.3, -0.25) is 0 Å². The number of aromatic nitrogens is 3. The van der Waals surface area contributed by atoms with Crippen LogP contribution in [0, 0.1) is 13.8 Å². The van der Waals surface area contributed by atoms with Crippen molar-refractivity contribution in [3.05, 3.63) is 125 Å². The van der Waals surface area contributed by atoms with Crippen molar-refractivity contribution in [3.63, 3.8) is 0 Å². The van der Waals surface area contributed by atoms with Crippen LogP contribution in [0.1, 0.15) is 46.6 Å². The maximum atomic E-state index is 14.3. The highest BCUT2D eigenvalue weighted by atomic mass is 16.5. The molecular formula is C33H33N5O2. The number of carbonyl (C=O) groups excluding carboxylic acids is 1. The molecule has 0 aliphatic carbocycles. The van der Waals surface area contributed by atoms with E-state index in [0.29, 0.717) is 6.54 Å². The van der Waals surface area contributed by atoms with Crippen LogP contribution in [0.4, 0.5) is 10.5 Å². The minimum atomic E-state index is -0.364. The Labute approximate surface area is 234 Å². The summed E-state index contributed by atoms with van der Waals surface area (Å²) >= 11 is 0. The topological polar surface area (TPSA) is 64.3 Å². The molecule has 6 rings (SSSR count). The highest BCUT2D eigenvalue weighted by molar-refractivity contribution is 5.91. The van der Waals surface area contributed by atoms with Gasteiger partial charge >= 0.3 is 6.03 Å². The Morgan fingerprint density at radius 2 is 1.80 bits per heavy atom. The van der Waals surface area contributed by atoms with Gasteiger partial charge in [0.15, 0.2) is 0 Å². The summed E-state index contributed by atoms with van der Waals surface area (Å²) in [4.78, 5) is 16.2. The van der Waals surface area contributed by atoms with E-state index in [9.17, 15) is 4.79 Å². The molecule has 1 aliphatic heterocycles. The molecule has 1 N–H and O–H groups in total. The first-order chi connectivity index (χ1) is 19.5. The zero-order valence-corrected chi connectivity index (χ0v) is 23.3. The van der Waals surface area contributed by atoms with E-state index in [2.05, 4.69) is 60.3 Å². The molecule has 2 aromatic heterocycles. The number of methoxy groups -OCH3 is 1. The molecule has 0 spiro atoms. The Bertz CT molecular complexity index is 1680. The van der Waals surface area contributed by atoms with Crippen molar-refractivity contribution in [2.75, 3.05) is 12.4 Å². The molecule has 7 heteroatoms. The summed E-state index contributed by atoms with van der Waals surface area (Å²) in [7, 11) is 1.66. The van der Waals surface area contributed by atoms with Gasteiger partial charge in [-0.05, 0) is 79.4 Å². The molecule has 1 aliphatic rings. The van der Waals surface area contributed by atoms with Crippen molar-refractivity contribution in [2.24, 2.45) is 0 Å². The number of hydrogen-bond donors (Lipinski definition) is 1. The quantitative estimate of drug-likeness (QED) is 0.266. The lowest BCUT2D eigenvalue weighted by atomic mass is 10.0. The van der Waals surface area contributed by atoms with Crippen LogP contribution < -0.4 is 10.1 Å². The van der Waals surface area contributed by atoms with Gasteiger partial charge in [-0.2, -0.15) is 5.10 Å². The van der Waals surface area contributed by atoms with Crippen molar-refractivity contribution in [1.82, 2.24) is 19.2 Å². The summed E-state index contributed by atoms with van der Waals surface area (Å²) < 4.78 is 9.78. The highest BCUT2D eigenvalue weighted by Gasteiger charge is 2.36. The average molecular weight is 532 g/mol. The predicted molar refractivity (Wildman–Crippen MR) is 158 cm³/mol. The van der Waals surface area contributed by atoms with Crippen molar-refractivity contribution >= 4 is 11.7 Å². The number of carbonyl (C=O) groups is 1. The predicted octanol–water partition coefficient (Wildman–Crippen LogP) is 6.99. The van der Waals surface area contributed by atoms with E-state index in [1.165, 1.54) is 0 Å². The molecule has 0 saturated heterocycles. The summed E-state index contributed by atoms with van der Waals surface area (Å²) in [5.74, 6) is 1.70. The van der Waals surface area contributed by atoms with Crippen LogP contribution in [0.2, 0.25) is 0 Å². The summed E-state index contributed by atoms with van der Waals surface area (Å²) in [6, 6.07) is 27.7. The molecule has 5 aromatic rings. The van der Waals surface area contributed by atoms with Crippen LogP contribution in [-0.2, 0) is 13.0 Å². The van der Waals surface area contributed by atoms with Gasteiger partial charge in [0.2, 0.25) is 0 Å². The maximum Gasteiger partial charge on any atom is 0.322 e. The van der Waals surface area contributed by atoms with Gasteiger partial charge in [0.25, 0.3) is 0 Å². The van der Waals surface area contributed by atoms with Gasteiger partial charge in [0.1, 0.15) is 11.6 Å². The molecule has 0 saturated carbocycles. The number of para-hydroxylation sites is 1. The fourth-order valence-corrected chi connectivity index (χ4v) is 5.58. The van der Waals surface area contributed by atoms with Gasteiger partial charge in [-0.1, -0.05) is 49.4 Å². The van der Waals surface area contributed by atoms with Gasteiger partial charge in [-0.25, -0.2) is 9.48 Å². The number of nitrogens with zero attached hydrogens (tertiary/aromatic N) is 4. The Morgan fingerprint density at radius 1 is 1.00 bits per heavy atom. The normalized spacial score (nSPS) is 14.3. The van der Waals surface area contributed by atoms with Crippen molar-refractivity contribution in [1.29, 1.82) is 0 Å². The largest absolute Gasteiger partial charge is 0.497 e. The number of amides is 2. The summed E-state index contributed by atoms with van der Waals surface area (Å²) in [6.45, 7) is 6.60. The van der Waals surface area contributed by atoms with Gasteiger partial charge in [0.05, 0.1) is 36.8 Å². The second-order valence-electron chi connectivity index (χ2n) is 10.1. The molecule has 0 bridgehead atoms. The second-order valence-corrected chi connectivity index (χ2v) is 10.1. The maximum absolute atomic E-state index is 14.3. The standard InChI is InChI=1S/C33H33N5O2/c1-5-28-27-21-37(33(39)34-29-17-9-12-22(2)23(29)3)31(24-13-10-16-26(20-24)40-4)30-18-11-19-36(30)32(27)38(35-28)25-14-7-6-8-15-25/h6-20,31H,5,21H2,1-4H3,(H,34,39)/t31-/m0/s1. The van der Waals surface area contributed by atoms with Crippen LogP contribution in [0.15, 0.2) is 91.1 Å². The molecule has 2 amide bonds. The summed E-state index contributed by atoms with van der Waals surface area (Å²) in [5.41, 5.74) is 7.92. The zero-order valence-electron chi connectivity index (χ0n) is 23.3. The summed E-state index contributed by atoms with van der Waals surface area (Å²) in [5, 5.41) is 8.27. The van der Waals surface area contributed by atoms with Gasteiger partial charge < -0.3 is 19.5 Å². The van der Waals surface area contributed by atoms with Crippen molar-refractivity contribution in [2.45, 2.75) is 39.8 Å². The average Bonchev–Trinajstić information content (AvgIpc) is 3.57. The molecule has 202 valence electrons. The van der Waals surface area contributed by atoms with Gasteiger partial charge in [0, 0.05) is 17.4 Å². The molecule has 0 unspecified atom stereocenters. The lowest BCUT2D eigenvalue weighted by molar-refractivity contribution is 0.194. The number of anilines is 1. The first kappa shape index (κ1) is 25.5. The number of rotatable bonds is 5. The first-order valence-electron chi connectivity index (χ1n) is 13.6. The van der Waals surface area contributed by atoms with Crippen LogP contribution in [0.25, 0.3) is 11.5 Å². The van der Waals surface area contributed by atoms with E-state index in [4.69, 9.17) is 9.84 Å². The number of fused-ring (bicyclic) bond motifs is 3.